The van der Waals surface area contributed by atoms with Crippen LogP contribution in [-0.4, -0.2) is 49.8 Å². The van der Waals surface area contributed by atoms with Crippen molar-refractivity contribution in [2.24, 2.45) is 0 Å². The van der Waals surface area contributed by atoms with Crippen molar-refractivity contribution in [1.29, 1.82) is 0 Å². The summed E-state index contributed by atoms with van der Waals surface area (Å²) in [7, 11) is -2.01. The molecule has 2 aromatic heterocycles. The summed E-state index contributed by atoms with van der Waals surface area (Å²) in [6.07, 6.45) is -0.00584. The highest BCUT2D eigenvalue weighted by molar-refractivity contribution is 7.65. The minimum absolute atomic E-state index is 0.00584. The Kier molecular flexibility index (Phi) is 6.60. The van der Waals surface area contributed by atoms with Gasteiger partial charge in [0.2, 0.25) is 7.37 Å². The summed E-state index contributed by atoms with van der Waals surface area (Å²) in [4.78, 5) is 23.0. The van der Waals surface area contributed by atoms with E-state index < -0.39 is 7.37 Å². The molecule has 2 aromatic carbocycles. The van der Waals surface area contributed by atoms with Crippen LogP contribution >= 0.6 is 7.37 Å². The molecule has 0 saturated heterocycles. The topological polar surface area (TPSA) is 146 Å². The smallest absolute Gasteiger partial charge is 0.320 e. The first-order valence-electron chi connectivity index (χ1n) is 10.2. The van der Waals surface area contributed by atoms with Gasteiger partial charge < -0.3 is 25.2 Å². The molecule has 0 aliphatic carbocycles. The molecular weight excluding hydrogens is 445 g/mol. The van der Waals surface area contributed by atoms with Crippen LogP contribution in [0.5, 0.6) is 12.0 Å². The highest BCUT2D eigenvalue weighted by Crippen LogP contribution is 2.43. The van der Waals surface area contributed by atoms with Crippen molar-refractivity contribution in [1.82, 2.24) is 19.5 Å². The zero-order chi connectivity index (χ0) is 23.4. The minimum Gasteiger partial charge on any atom is -0.480 e. The molecular formula is C22H24N5O5P. The van der Waals surface area contributed by atoms with E-state index in [2.05, 4.69) is 15.0 Å². The number of imidazole rings is 1. The van der Waals surface area contributed by atoms with Crippen LogP contribution in [0, 0.1) is 0 Å². The molecule has 0 aliphatic heterocycles. The van der Waals surface area contributed by atoms with Crippen molar-refractivity contribution < 1.29 is 24.0 Å². The molecule has 4 rings (SSSR count). The van der Waals surface area contributed by atoms with Gasteiger partial charge in [-0.2, -0.15) is 15.0 Å². The molecule has 0 bridgehead atoms. The van der Waals surface area contributed by atoms with Crippen LogP contribution in [0.25, 0.3) is 11.2 Å². The van der Waals surface area contributed by atoms with Crippen molar-refractivity contribution in [2.45, 2.75) is 12.7 Å². The Balaban J connectivity index is 1.61. The van der Waals surface area contributed by atoms with Gasteiger partial charge >= 0.3 is 6.01 Å². The van der Waals surface area contributed by atoms with Gasteiger partial charge in [-0.3, -0.25) is 9.13 Å². The Labute approximate surface area is 190 Å². The molecule has 0 radical (unpaired) electrons. The van der Waals surface area contributed by atoms with E-state index in [0.29, 0.717) is 23.1 Å². The Hall–Kier alpha value is -3.46. The van der Waals surface area contributed by atoms with E-state index in [9.17, 15) is 14.6 Å². The Morgan fingerprint density at radius 1 is 1.03 bits per heavy atom. The molecule has 10 nitrogen and oxygen atoms in total. The number of nitrogens with two attached hydrogens (primary N) is 1. The first kappa shape index (κ1) is 22.7. The maximum Gasteiger partial charge on any atom is 0.320 e. The Morgan fingerprint density at radius 3 is 2.55 bits per heavy atom. The van der Waals surface area contributed by atoms with Crippen molar-refractivity contribution in [2.75, 3.05) is 26.1 Å². The summed E-state index contributed by atoms with van der Waals surface area (Å²) in [6, 6.07) is 15.6. The second kappa shape index (κ2) is 9.58. The maximum absolute atomic E-state index is 12.9. The SMILES string of the molecule is COCCOc1nc(N)c2nc(O)n(Cc3cccc(CP(=O)(O)c4ccccc4)c3)c2n1. The maximum atomic E-state index is 12.9. The number of nitrogens with zero attached hydrogens (tertiary/aromatic N) is 4. The molecule has 4 N–H and O–H groups in total. The van der Waals surface area contributed by atoms with E-state index >= 15 is 0 Å². The first-order valence-corrected chi connectivity index (χ1v) is 12.0. The van der Waals surface area contributed by atoms with Gasteiger partial charge in [0.1, 0.15) is 6.61 Å². The summed E-state index contributed by atoms with van der Waals surface area (Å²) in [5.74, 6) is 0.0827. The van der Waals surface area contributed by atoms with E-state index in [-0.39, 0.29) is 42.7 Å². The van der Waals surface area contributed by atoms with Gasteiger partial charge in [-0.1, -0.05) is 42.5 Å². The molecule has 33 heavy (non-hydrogen) atoms. The lowest BCUT2D eigenvalue weighted by Gasteiger charge is -2.13. The number of nitrogen functional groups attached to an aromatic ring is 1. The normalized spacial score (nSPS) is 13.2. The fraction of sp³-hybridized carbons (Fsp3) is 0.227. The lowest BCUT2D eigenvalue weighted by atomic mass is 10.1. The molecule has 0 aliphatic rings. The van der Waals surface area contributed by atoms with Gasteiger partial charge in [0.25, 0.3) is 6.01 Å². The van der Waals surface area contributed by atoms with Crippen LogP contribution in [0.1, 0.15) is 11.1 Å². The molecule has 0 spiro atoms. The van der Waals surface area contributed by atoms with Gasteiger partial charge in [0.15, 0.2) is 17.0 Å². The van der Waals surface area contributed by atoms with Gasteiger partial charge in [-0.15, -0.1) is 0 Å². The molecule has 0 fully saturated rings. The van der Waals surface area contributed by atoms with Crippen molar-refractivity contribution in [3.05, 3.63) is 65.7 Å². The van der Waals surface area contributed by atoms with Crippen LogP contribution in [0.2, 0.25) is 0 Å². The number of hydrogen-bond donors (Lipinski definition) is 3. The number of methoxy groups -OCH3 is 1. The number of ether oxygens (including phenoxy) is 2. The minimum atomic E-state index is -3.56. The lowest BCUT2D eigenvalue weighted by molar-refractivity contribution is 0.141. The summed E-state index contributed by atoms with van der Waals surface area (Å²) >= 11 is 0. The average molecular weight is 469 g/mol. The van der Waals surface area contributed by atoms with E-state index in [1.54, 1.807) is 49.6 Å². The molecule has 4 aromatic rings. The number of benzene rings is 2. The quantitative estimate of drug-likeness (QED) is 0.248. The molecule has 1 unspecified atom stereocenters. The van der Waals surface area contributed by atoms with Crippen LogP contribution in [0.15, 0.2) is 54.6 Å². The summed E-state index contributed by atoms with van der Waals surface area (Å²) in [5.41, 5.74) is 8.03. The summed E-state index contributed by atoms with van der Waals surface area (Å²) < 4.78 is 24.8. The van der Waals surface area contributed by atoms with Crippen LogP contribution in [-0.2, 0) is 22.0 Å². The van der Waals surface area contributed by atoms with Crippen molar-refractivity contribution in [3.63, 3.8) is 0 Å². The number of anilines is 1. The number of fused-ring (bicyclic) bond motifs is 1. The predicted octanol–water partition coefficient (Wildman–Crippen LogP) is 2.28. The lowest BCUT2D eigenvalue weighted by Crippen LogP contribution is -2.09. The number of hydrogen-bond acceptors (Lipinski definition) is 8. The molecule has 2 heterocycles. The standard InChI is InChI=1S/C22H24N5O5P/c1-31-10-11-32-21-25-19(23)18-20(26-21)27(22(28)24-18)13-15-6-5-7-16(12-15)14-33(29,30)17-8-3-2-4-9-17/h2-9,12H,10-11,13-14H2,1H3,(H,24,28)(H,29,30)(H2,23,25,26). The Morgan fingerprint density at radius 2 is 1.79 bits per heavy atom. The highest BCUT2D eigenvalue weighted by atomic mass is 31.2. The number of aromatic hydroxyl groups is 1. The van der Waals surface area contributed by atoms with Gasteiger partial charge in [0.05, 0.1) is 19.3 Å². The largest absolute Gasteiger partial charge is 0.480 e. The van der Waals surface area contributed by atoms with Gasteiger partial charge in [0, 0.05) is 12.4 Å². The summed E-state index contributed by atoms with van der Waals surface area (Å²) in [5, 5.41) is 10.8. The van der Waals surface area contributed by atoms with Crippen LogP contribution in [0.4, 0.5) is 5.82 Å². The third-order valence-corrected chi connectivity index (χ3v) is 6.89. The van der Waals surface area contributed by atoms with Gasteiger partial charge in [-0.05, 0) is 23.3 Å². The van der Waals surface area contributed by atoms with Crippen molar-refractivity contribution >= 4 is 29.7 Å². The van der Waals surface area contributed by atoms with Crippen LogP contribution in [0.3, 0.4) is 0 Å². The number of aromatic nitrogens is 4. The molecule has 0 amide bonds. The van der Waals surface area contributed by atoms with Gasteiger partial charge in [-0.25, -0.2) is 0 Å². The third-order valence-electron chi connectivity index (χ3n) is 4.99. The first-order chi connectivity index (χ1) is 15.9. The zero-order valence-electron chi connectivity index (χ0n) is 18.0. The molecule has 172 valence electrons. The predicted molar refractivity (Wildman–Crippen MR) is 124 cm³/mol. The van der Waals surface area contributed by atoms with E-state index in [1.807, 2.05) is 12.1 Å². The third kappa shape index (κ3) is 5.14. The average Bonchev–Trinajstić information content (AvgIpc) is 3.10. The second-order valence-electron chi connectivity index (χ2n) is 7.42. The monoisotopic (exact) mass is 469 g/mol. The molecule has 1 atom stereocenters. The van der Waals surface area contributed by atoms with Crippen LogP contribution < -0.4 is 15.8 Å². The van der Waals surface area contributed by atoms with Crippen molar-refractivity contribution in [3.8, 4) is 12.0 Å². The zero-order valence-corrected chi connectivity index (χ0v) is 18.9. The fourth-order valence-electron chi connectivity index (χ4n) is 3.42. The number of rotatable bonds is 9. The second-order valence-corrected chi connectivity index (χ2v) is 9.65. The highest BCUT2D eigenvalue weighted by Gasteiger charge is 2.22. The van der Waals surface area contributed by atoms with E-state index in [1.165, 1.54) is 4.57 Å². The van der Waals surface area contributed by atoms with E-state index in [4.69, 9.17) is 15.2 Å². The van der Waals surface area contributed by atoms with E-state index in [0.717, 1.165) is 5.56 Å². The Bertz CT molecular complexity index is 1310. The molecule has 11 heteroatoms. The summed E-state index contributed by atoms with van der Waals surface area (Å²) in [6.45, 7) is 0.813. The fourth-order valence-corrected chi connectivity index (χ4v) is 4.94. The molecule has 0 saturated carbocycles.